The Hall–Kier alpha value is -0.900. The van der Waals surface area contributed by atoms with Gasteiger partial charge in [-0.05, 0) is 25.8 Å². The normalized spacial score (nSPS) is 14.7. The molecule has 0 spiro atoms. The third-order valence-corrected chi connectivity index (χ3v) is 2.85. The van der Waals surface area contributed by atoms with E-state index < -0.39 is 0 Å². The van der Waals surface area contributed by atoms with Gasteiger partial charge in [0.2, 0.25) is 0 Å². The fourth-order valence-corrected chi connectivity index (χ4v) is 1.85. The van der Waals surface area contributed by atoms with Crippen LogP contribution in [0.15, 0.2) is 30.3 Å². The van der Waals surface area contributed by atoms with Crippen LogP contribution in [0.5, 0.6) is 0 Å². The van der Waals surface area contributed by atoms with Crippen LogP contribution < -0.4 is 5.73 Å². The van der Waals surface area contributed by atoms with Crippen molar-refractivity contribution in [2.45, 2.75) is 45.4 Å². The van der Waals surface area contributed by atoms with Crippen molar-refractivity contribution in [1.29, 1.82) is 0 Å². The van der Waals surface area contributed by atoms with Crippen molar-refractivity contribution < 1.29 is 9.47 Å². The average Bonchev–Trinajstić information content (AvgIpc) is 2.39. The molecule has 0 saturated carbocycles. The Bertz CT molecular complexity index is 314. The second kappa shape index (κ2) is 8.25. The number of benzene rings is 1. The van der Waals surface area contributed by atoms with E-state index in [1.165, 1.54) is 0 Å². The molecule has 2 unspecified atom stereocenters. The molecule has 2 N–H and O–H groups in total. The predicted molar refractivity (Wildman–Crippen MR) is 74.5 cm³/mol. The Morgan fingerprint density at radius 3 is 2.22 bits per heavy atom. The minimum atomic E-state index is -0.0738. The first-order valence-electron chi connectivity index (χ1n) is 6.68. The molecule has 0 bridgehead atoms. The standard InChI is InChI=1S/C15H25NO2/c1-4-14(18-11-10-17-12(2)3)15(16)13-8-6-5-7-9-13/h5-9,12,14-15H,4,10-11,16H2,1-3H3. The van der Waals surface area contributed by atoms with Gasteiger partial charge in [0.25, 0.3) is 0 Å². The summed E-state index contributed by atoms with van der Waals surface area (Å²) in [5.74, 6) is 0. The van der Waals surface area contributed by atoms with Gasteiger partial charge in [0, 0.05) is 0 Å². The minimum Gasteiger partial charge on any atom is -0.376 e. The molecule has 3 nitrogen and oxygen atoms in total. The molecule has 2 atom stereocenters. The Labute approximate surface area is 110 Å². The maximum Gasteiger partial charge on any atom is 0.0766 e. The highest BCUT2D eigenvalue weighted by Crippen LogP contribution is 2.18. The summed E-state index contributed by atoms with van der Waals surface area (Å²) >= 11 is 0. The van der Waals surface area contributed by atoms with Gasteiger partial charge in [-0.3, -0.25) is 0 Å². The minimum absolute atomic E-state index is 0.0446. The summed E-state index contributed by atoms with van der Waals surface area (Å²) in [6, 6.07) is 10.0. The maximum absolute atomic E-state index is 6.23. The largest absolute Gasteiger partial charge is 0.376 e. The zero-order chi connectivity index (χ0) is 13.4. The number of hydrogen-bond acceptors (Lipinski definition) is 3. The van der Waals surface area contributed by atoms with Crippen LogP contribution in [0.3, 0.4) is 0 Å². The van der Waals surface area contributed by atoms with Crippen molar-refractivity contribution in [3.63, 3.8) is 0 Å². The fraction of sp³-hybridized carbons (Fsp3) is 0.600. The number of nitrogens with two attached hydrogens (primary N) is 1. The summed E-state index contributed by atoms with van der Waals surface area (Å²) in [4.78, 5) is 0. The van der Waals surface area contributed by atoms with E-state index in [-0.39, 0.29) is 18.2 Å². The van der Waals surface area contributed by atoms with Crippen LogP contribution in [0.4, 0.5) is 0 Å². The Balaban J connectivity index is 2.41. The van der Waals surface area contributed by atoms with E-state index in [2.05, 4.69) is 6.92 Å². The summed E-state index contributed by atoms with van der Waals surface area (Å²) in [5.41, 5.74) is 7.35. The topological polar surface area (TPSA) is 44.5 Å². The molecule has 0 fully saturated rings. The highest BCUT2D eigenvalue weighted by atomic mass is 16.5. The molecule has 0 radical (unpaired) electrons. The van der Waals surface area contributed by atoms with Crippen molar-refractivity contribution in [2.75, 3.05) is 13.2 Å². The van der Waals surface area contributed by atoms with Gasteiger partial charge in [-0.2, -0.15) is 0 Å². The van der Waals surface area contributed by atoms with Gasteiger partial charge in [0.05, 0.1) is 31.5 Å². The highest BCUT2D eigenvalue weighted by molar-refractivity contribution is 5.19. The van der Waals surface area contributed by atoms with Gasteiger partial charge in [0.1, 0.15) is 0 Å². The molecular formula is C15H25NO2. The highest BCUT2D eigenvalue weighted by Gasteiger charge is 2.18. The third kappa shape index (κ3) is 5.17. The van der Waals surface area contributed by atoms with Crippen molar-refractivity contribution in [1.82, 2.24) is 0 Å². The summed E-state index contributed by atoms with van der Waals surface area (Å²) in [6.07, 6.45) is 1.19. The van der Waals surface area contributed by atoms with Gasteiger partial charge in [-0.1, -0.05) is 37.3 Å². The van der Waals surface area contributed by atoms with E-state index in [9.17, 15) is 0 Å². The second-order valence-corrected chi connectivity index (χ2v) is 4.67. The van der Waals surface area contributed by atoms with Gasteiger partial charge in [-0.15, -0.1) is 0 Å². The van der Waals surface area contributed by atoms with Gasteiger partial charge in [0.15, 0.2) is 0 Å². The lowest BCUT2D eigenvalue weighted by Gasteiger charge is -2.23. The van der Waals surface area contributed by atoms with Crippen molar-refractivity contribution in [2.24, 2.45) is 5.73 Å². The van der Waals surface area contributed by atoms with E-state index in [4.69, 9.17) is 15.2 Å². The first-order valence-corrected chi connectivity index (χ1v) is 6.68. The molecule has 1 rings (SSSR count). The molecule has 0 heterocycles. The molecular weight excluding hydrogens is 226 g/mol. The average molecular weight is 251 g/mol. The van der Waals surface area contributed by atoms with Crippen LogP contribution >= 0.6 is 0 Å². The van der Waals surface area contributed by atoms with Crippen LogP contribution in [0.25, 0.3) is 0 Å². The van der Waals surface area contributed by atoms with E-state index >= 15 is 0 Å². The summed E-state index contributed by atoms with van der Waals surface area (Å²) in [6.45, 7) is 7.35. The lowest BCUT2D eigenvalue weighted by Crippen LogP contribution is -2.29. The number of hydrogen-bond donors (Lipinski definition) is 1. The zero-order valence-corrected chi connectivity index (χ0v) is 11.6. The van der Waals surface area contributed by atoms with E-state index in [0.29, 0.717) is 13.2 Å². The fourth-order valence-electron chi connectivity index (χ4n) is 1.85. The molecule has 0 aliphatic carbocycles. The number of ether oxygens (including phenoxy) is 2. The van der Waals surface area contributed by atoms with Gasteiger partial charge in [-0.25, -0.2) is 0 Å². The third-order valence-electron chi connectivity index (χ3n) is 2.85. The van der Waals surface area contributed by atoms with Crippen LogP contribution in [0, 0.1) is 0 Å². The molecule has 0 aliphatic heterocycles. The molecule has 0 amide bonds. The SMILES string of the molecule is CCC(OCCOC(C)C)C(N)c1ccccc1. The monoisotopic (exact) mass is 251 g/mol. The van der Waals surface area contributed by atoms with E-state index in [1.807, 2.05) is 44.2 Å². The maximum atomic E-state index is 6.23. The molecule has 0 aromatic heterocycles. The summed E-state index contributed by atoms with van der Waals surface area (Å²) < 4.78 is 11.3. The Morgan fingerprint density at radius 2 is 1.67 bits per heavy atom. The lowest BCUT2D eigenvalue weighted by molar-refractivity contribution is -0.0223. The van der Waals surface area contributed by atoms with Crippen LogP contribution in [0.2, 0.25) is 0 Å². The van der Waals surface area contributed by atoms with Gasteiger partial charge < -0.3 is 15.2 Å². The molecule has 18 heavy (non-hydrogen) atoms. The predicted octanol–water partition coefficient (Wildman–Crippen LogP) is 2.91. The molecule has 3 heteroatoms. The van der Waals surface area contributed by atoms with Crippen molar-refractivity contribution in [3.05, 3.63) is 35.9 Å². The molecule has 0 aliphatic rings. The number of rotatable bonds is 8. The lowest BCUT2D eigenvalue weighted by atomic mass is 10.0. The molecule has 102 valence electrons. The first kappa shape index (κ1) is 15.2. The van der Waals surface area contributed by atoms with Crippen molar-refractivity contribution in [3.8, 4) is 0 Å². The molecule has 0 saturated heterocycles. The van der Waals surface area contributed by atoms with Gasteiger partial charge >= 0.3 is 0 Å². The Kier molecular flexibility index (Phi) is 6.94. The summed E-state index contributed by atoms with van der Waals surface area (Å²) in [7, 11) is 0. The molecule has 1 aromatic rings. The van der Waals surface area contributed by atoms with Crippen LogP contribution in [-0.4, -0.2) is 25.4 Å². The smallest absolute Gasteiger partial charge is 0.0766 e. The van der Waals surface area contributed by atoms with E-state index in [1.54, 1.807) is 0 Å². The summed E-state index contributed by atoms with van der Waals surface area (Å²) in [5, 5.41) is 0. The van der Waals surface area contributed by atoms with Crippen LogP contribution in [0.1, 0.15) is 38.8 Å². The zero-order valence-electron chi connectivity index (χ0n) is 11.6. The van der Waals surface area contributed by atoms with Crippen molar-refractivity contribution >= 4 is 0 Å². The first-order chi connectivity index (χ1) is 8.65. The van der Waals surface area contributed by atoms with E-state index in [0.717, 1.165) is 12.0 Å². The molecule has 1 aromatic carbocycles. The second-order valence-electron chi connectivity index (χ2n) is 4.67. The Morgan fingerprint density at radius 1 is 1.06 bits per heavy atom. The quantitative estimate of drug-likeness (QED) is 0.722. The van der Waals surface area contributed by atoms with Crippen LogP contribution in [-0.2, 0) is 9.47 Å².